The molecule has 0 unspecified atom stereocenters. The number of aromatic nitrogens is 1. The van der Waals surface area contributed by atoms with E-state index in [1.165, 1.54) is 24.9 Å². The fourth-order valence-corrected chi connectivity index (χ4v) is 6.00. The SMILES string of the molecule is CCOc1ccc2nc(SCCNS(=O)(=O)Cc3cccc(C(=O)OC)c3)sc2c1. The predicted molar refractivity (Wildman–Crippen MR) is 120 cm³/mol. The molecule has 0 fully saturated rings. The van der Waals surface area contributed by atoms with Crippen LogP contribution in [0.1, 0.15) is 22.8 Å². The number of methoxy groups -OCH3 is 1. The third kappa shape index (κ3) is 6.18. The number of carbonyl (C=O) groups excluding carboxylic acids is 1. The first-order valence-electron chi connectivity index (χ1n) is 9.21. The van der Waals surface area contributed by atoms with Crippen LogP contribution < -0.4 is 9.46 Å². The zero-order chi connectivity index (χ0) is 21.6. The maximum absolute atomic E-state index is 12.3. The standard InChI is InChI=1S/C20H22N2O5S3/c1-3-27-16-7-8-17-18(12-16)29-20(22-17)28-10-9-21-30(24,25)13-14-5-4-6-15(11-14)19(23)26-2/h4-8,11-12,21H,3,9-10,13H2,1-2H3. The number of esters is 1. The van der Waals surface area contributed by atoms with E-state index >= 15 is 0 Å². The third-order valence-corrected chi connectivity index (χ3v) is 7.53. The summed E-state index contributed by atoms with van der Waals surface area (Å²) in [7, 11) is -2.24. The molecule has 30 heavy (non-hydrogen) atoms. The van der Waals surface area contributed by atoms with Gasteiger partial charge in [-0.1, -0.05) is 23.9 Å². The van der Waals surface area contributed by atoms with Gasteiger partial charge in [-0.15, -0.1) is 11.3 Å². The van der Waals surface area contributed by atoms with Crippen molar-refractivity contribution in [1.29, 1.82) is 0 Å². The van der Waals surface area contributed by atoms with Crippen LogP contribution in [-0.2, 0) is 20.5 Å². The first-order chi connectivity index (χ1) is 14.4. The topological polar surface area (TPSA) is 94.6 Å². The van der Waals surface area contributed by atoms with Crippen LogP contribution in [0.2, 0.25) is 0 Å². The molecule has 0 aliphatic carbocycles. The molecule has 3 rings (SSSR count). The number of carbonyl (C=O) groups is 1. The Morgan fingerprint density at radius 2 is 2.07 bits per heavy atom. The predicted octanol–water partition coefficient (Wildman–Crippen LogP) is 3.69. The molecule has 0 amide bonds. The molecule has 7 nitrogen and oxygen atoms in total. The van der Waals surface area contributed by atoms with E-state index in [4.69, 9.17) is 4.74 Å². The van der Waals surface area contributed by atoms with Crippen molar-refractivity contribution in [2.45, 2.75) is 17.0 Å². The van der Waals surface area contributed by atoms with E-state index in [9.17, 15) is 13.2 Å². The summed E-state index contributed by atoms with van der Waals surface area (Å²) in [5, 5.41) is 0. The Kier molecular flexibility index (Phi) is 7.70. The molecule has 0 aliphatic rings. The summed E-state index contributed by atoms with van der Waals surface area (Å²) >= 11 is 3.06. The van der Waals surface area contributed by atoms with Crippen molar-refractivity contribution < 1.29 is 22.7 Å². The van der Waals surface area contributed by atoms with E-state index in [1.54, 1.807) is 29.5 Å². The number of hydrogen-bond donors (Lipinski definition) is 1. The van der Waals surface area contributed by atoms with E-state index in [2.05, 4.69) is 14.4 Å². The lowest BCUT2D eigenvalue weighted by molar-refractivity contribution is 0.0600. The summed E-state index contributed by atoms with van der Waals surface area (Å²) < 4.78 is 39.4. The Morgan fingerprint density at radius 1 is 1.23 bits per heavy atom. The second-order valence-electron chi connectivity index (χ2n) is 6.24. The third-order valence-electron chi connectivity index (χ3n) is 4.01. The molecule has 0 radical (unpaired) electrons. The lowest BCUT2D eigenvalue weighted by atomic mass is 10.1. The normalized spacial score (nSPS) is 11.5. The number of hydrogen-bond acceptors (Lipinski definition) is 8. The van der Waals surface area contributed by atoms with Gasteiger partial charge in [0.2, 0.25) is 10.0 Å². The molecule has 0 spiro atoms. The monoisotopic (exact) mass is 466 g/mol. The first kappa shape index (κ1) is 22.5. The minimum atomic E-state index is -3.52. The average molecular weight is 467 g/mol. The lowest BCUT2D eigenvalue weighted by Gasteiger charge is -2.07. The molecular formula is C20H22N2O5S3. The molecule has 0 atom stereocenters. The number of fused-ring (bicyclic) bond motifs is 1. The van der Waals surface area contributed by atoms with Crippen LogP contribution >= 0.6 is 23.1 Å². The van der Waals surface area contributed by atoms with Gasteiger partial charge in [0, 0.05) is 12.3 Å². The van der Waals surface area contributed by atoms with Gasteiger partial charge in [-0.2, -0.15) is 0 Å². The number of rotatable bonds is 10. The Labute approximate surface area is 183 Å². The summed E-state index contributed by atoms with van der Waals surface area (Å²) in [5.41, 5.74) is 1.75. The van der Waals surface area contributed by atoms with E-state index in [0.717, 1.165) is 20.3 Å². The van der Waals surface area contributed by atoms with Gasteiger partial charge < -0.3 is 9.47 Å². The smallest absolute Gasteiger partial charge is 0.337 e. The molecule has 1 N–H and O–H groups in total. The number of thioether (sulfide) groups is 1. The molecule has 2 aromatic carbocycles. The van der Waals surface area contributed by atoms with Crippen molar-refractivity contribution in [2.75, 3.05) is 26.0 Å². The van der Waals surface area contributed by atoms with Gasteiger partial charge in [-0.25, -0.2) is 22.9 Å². The zero-order valence-corrected chi connectivity index (χ0v) is 19.0. The largest absolute Gasteiger partial charge is 0.494 e. The molecule has 0 aliphatic heterocycles. The highest BCUT2D eigenvalue weighted by atomic mass is 32.2. The Balaban J connectivity index is 1.52. The van der Waals surface area contributed by atoms with Gasteiger partial charge in [0.15, 0.2) is 4.34 Å². The van der Waals surface area contributed by atoms with Gasteiger partial charge in [0.05, 0.1) is 35.2 Å². The lowest BCUT2D eigenvalue weighted by Crippen LogP contribution is -2.27. The number of nitrogens with one attached hydrogen (secondary N) is 1. The van der Waals surface area contributed by atoms with Gasteiger partial charge in [0.25, 0.3) is 0 Å². The second-order valence-corrected chi connectivity index (χ2v) is 10.4. The summed E-state index contributed by atoms with van der Waals surface area (Å²) in [6.45, 7) is 2.83. The average Bonchev–Trinajstić information content (AvgIpc) is 3.13. The Morgan fingerprint density at radius 3 is 2.83 bits per heavy atom. The quantitative estimate of drug-likeness (QED) is 0.277. The molecule has 0 bridgehead atoms. The van der Waals surface area contributed by atoms with Crippen LogP contribution in [0.4, 0.5) is 0 Å². The van der Waals surface area contributed by atoms with Crippen molar-refractivity contribution in [2.24, 2.45) is 0 Å². The van der Waals surface area contributed by atoms with E-state index in [-0.39, 0.29) is 12.3 Å². The van der Waals surface area contributed by atoms with Crippen LogP contribution in [-0.4, -0.2) is 45.4 Å². The van der Waals surface area contributed by atoms with E-state index < -0.39 is 16.0 Å². The van der Waals surface area contributed by atoms with Crippen LogP contribution in [0, 0.1) is 0 Å². The first-order valence-corrected chi connectivity index (χ1v) is 12.7. The van der Waals surface area contributed by atoms with Gasteiger partial charge in [-0.05, 0) is 42.8 Å². The number of sulfonamides is 1. The summed E-state index contributed by atoms with van der Waals surface area (Å²) in [4.78, 5) is 16.1. The zero-order valence-electron chi connectivity index (χ0n) is 16.6. The van der Waals surface area contributed by atoms with Crippen molar-refractivity contribution in [1.82, 2.24) is 9.71 Å². The Hall–Kier alpha value is -2.14. The molecular weight excluding hydrogens is 444 g/mol. The molecule has 1 heterocycles. The Bertz CT molecular complexity index is 1130. The number of nitrogens with zero attached hydrogens (tertiary/aromatic N) is 1. The maximum Gasteiger partial charge on any atom is 0.337 e. The number of benzene rings is 2. The molecule has 160 valence electrons. The molecule has 0 saturated heterocycles. The molecule has 1 aromatic heterocycles. The van der Waals surface area contributed by atoms with Crippen molar-refractivity contribution >= 4 is 49.3 Å². The number of thiazole rings is 1. The van der Waals surface area contributed by atoms with E-state index in [1.807, 2.05) is 25.1 Å². The van der Waals surface area contributed by atoms with Crippen molar-refractivity contribution in [3.8, 4) is 5.75 Å². The van der Waals surface area contributed by atoms with Crippen molar-refractivity contribution in [3.05, 3.63) is 53.6 Å². The van der Waals surface area contributed by atoms with E-state index in [0.29, 0.717) is 23.5 Å². The fourth-order valence-electron chi connectivity index (χ4n) is 2.71. The highest BCUT2D eigenvalue weighted by Crippen LogP contribution is 2.31. The fraction of sp³-hybridized carbons (Fsp3) is 0.300. The van der Waals surface area contributed by atoms with Crippen molar-refractivity contribution in [3.63, 3.8) is 0 Å². The molecule has 10 heteroatoms. The van der Waals surface area contributed by atoms with Crippen LogP contribution in [0.5, 0.6) is 5.75 Å². The van der Waals surface area contributed by atoms with Gasteiger partial charge >= 0.3 is 5.97 Å². The van der Waals surface area contributed by atoms with Gasteiger partial charge in [-0.3, -0.25) is 0 Å². The van der Waals surface area contributed by atoms with Crippen LogP contribution in [0.25, 0.3) is 10.2 Å². The minimum Gasteiger partial charge on any atom is -0.494 e. The number of ether oxygens (including phenoxy) is 2. The molecule has 0 saturated carbocycles. The summed E-state index contributed by atoms with van der Waals surface area (Å²) in [5.74, 6) is 0.667. The summed E-state index contributed by atoms with van der Waals surface area (Å²) in [6, 6.07) is 12.2. The highest BCUT2D eigenvalue weighted by molar-refractivity contribution is 8.01. The van der Waals surface area contributed by atoms with Crippen LogP contribution in [0.3, 0.4) is 0 Å². The second kappa shape index (κ2) is 10.3. The van der Waals surface area contributed by atoms with Crippen LogP contribution in [0.15, 0.2) is 46.8 Å². The molecule has 3 aromatic rings. The summed E-state index contributed by atoms with van der Waals surface area (Å²) in [6.07, 6.45) is 0. The highest BCUT2D eigenvalue weighted by Gasteiger charge is 2.14. The van der Waals surface area contributed by atoms with Gasteiger partial charge in [0.1, 0.15) is 5.75 Å². The minimum absolute atomic E-state index is 0.205. The maximum atomic E-state index is 12.3.